The zero-order valence-electron chi connectivity index (χ0n) is 12.1. The molecule has 4 heteroatoms. The monoisotopic (exact) mass is 335 g/mol. The highest BCUT2D eigenvalue weighted by Crippen LogP contribution is 2.21. The van der Waals surface area contributed by atoms with E-state index >= 15 is 0 Å². The van der Waals surface area contributed by atoms with E-state index in [-0.39, 0.29) is 0 Å². The second kappa shape index (κ2) is 7.04. The molecule has 1 aromatic carbocycles. The highest BCUT2D eigenvalue weighted by atomic mass is 79.9. The van der Waals surface area contributed by atoms with E-state index in [0.29, 0.717) is 18.4 Å². The number of nitrogens with two attached hydrogens (primary N) is 1. The van der Waals surface area contributed by atoms with Gasteiger partial charge in [0.2, 0.25) is 0 Å². The van der Waals surface area contributed by atoms with Crippen molar-refractivity contribution in [3.63, 3.8) is 0 Å². The first-order chi connectivity index (χ1) is 9.58. The number of benzene rings is 1. The molecule has 0 aliphatic heterocycles. The summed E-state index contributed by atoms with van der Waals surface area (Å²) in [5.74, 6) is 2.20. The van der Waals surface area contributed by atoms with Crippen LogP contribution >= 0.6 is 15.9 Å². The fraction of sp³-hybridized carbons (Fsp3) is 0.438. The molecule has 1 atom stereocenters. The third kappa shape index (κ3) is 4.18. The molecule has 2 rings (SSSR count). The molecular formula is C16H22BrN3. The van der Waals surface area contributed by atoms with Crippen molar-refractivity contribution in [1.82, 2.24) is 9.97 Å². The Morgan fingerprint density at radius 1 is 1.25 bits per heavy atom. The Morgan fingerprint density at radius 2 is 1.95 bits per heavy atom. The van der Waals surface area contributed by atoms with Crippen molar-refractivity contribution in [2.75, 3.05) is 6.54 Å². The Hall–Kier alpha value is -1.13. The van der Waals surface area contributed by atoms with Crippen molar-refractivity contribution in [3.05, 3.63) is 40.8 Å². The molecule has 3 nitrogen and oxygen atoms in total. The lowest BCUT2D eigenvalue weighted by Gasteiger charge is -2.15. The van der Waals surface area contributed by atoms with Gasteiger partial charge in [-0.25, -0.2) is 4.98 Å². The summed E-state index contributed by atoms with van der Waals surface area (Å²) in [6.45, 7) is 5.18. The molecule has 108 valence electrons. The summed E-state index contributed by atoms with van der Waals surface area (Å²) in [5, 5.41) is 0. The van der Waals surface area contributed by atoms with Crippen LogP contribution in [0.2, 0.25) is 0 Å². The van der Waals surface area contributed by atoms with E-state index in [4.69, 9.17) is 5.73 Å². The summed E-state index contributed by atoms with van der Waals surface area (Å²) in [5.41, 5.74) is 8.07. The lowest BCUT2D eigenvalue weighted by molar-refractivity contribution is 0.409. The van der Waals surface area contributed by atoms with Crippen LogP contribution in [0.3, 0.4) is 0 Å². The maximum absolute atomic E-state index is 5.86. The predicted octanol–water partition coefficient (Wildman–Crippen LogP) is 4.00. The van der Waals surface area contributed by atoms with Crippen LogP contribution in [0.1, 0.15) is 26.1 Å². The lowest BCUT2D eigenvalue weighted by atomic mass is 9.94. The number of rotatable bonds is 6. The average molecular weight is 336 g/mol. The molecule has 0 radical (unpaired) electrons. The van der Waals surface area contributed by atoms with E-state index in [1.807, 2.05) is 18.3 Å². The first-order valence-corrected chi connectivity index (χ1v) is 7.87. The SMILES string of the molecule is CC(C)CC(CN)Cc1ncc(-c2ccc(Br)cc2)[nH]1. The Balaban J connectivity index is 2.06. The van der Waals surface area contributed by atoms with Crippen molar-refractivity contribution in [1.29, 1.82) is 0 Å². The number of hydrogen-bond donors (Lipinski definition) is 2. The fourth-order valence-electron chi connectivity index (χ4n) is 2.45. The Labute approximate surface area is 129 Å². The fourth-order valence-corrected chi connectivity index (χ4v) is 2.71. The molecule has 0 aliphatic rings. The quantitative estimate of drug-likeness (QED) is 0.838. The minimum atomic E-state index is 0.499. The molecule has 0 saturated heterocycles. The molecule has 20 heavy (non-hydrogen) atoms. The number of imidazole rings is 1. The van der Waals surface area contributed by atoms with Crippen molar-refractivity contribution >= 4 is 15.9 Å². The maximum atomic E-state index is 5.86. The number of aromatic nitrogens is 2. The van der Waals surface area contributed by atoms with Gasteiger partial charge in [0.25, 0.3) is 0 Å². The average Bonchev–Trinajstić information content (AvgIpc) is 2.87. The van der Waals surface area contributed by atoms with E-state index < -0.39 is 0 Å². The van der Waals surface area contributed by atoms with Crippen LogP contribution < -0.4 is 5.73 Å². The second-order valence-electron chi connectivity index (χ2n) is 5.69. The summed E-state index contributed by atoms with van der Waals surface area (Å²) in [4.78, 5) is 7.89. The van der Waals surface area contributed by atoms with E-state index in [9.17, 15) is 0 Å². The molecule has 2 aromatic rings. The highest BCUT2D eigenvalue weighted by molar-refractivity contribution is 9.10. The molecule has 1 unspecified atom stereocenters. The normalized spacial score (nSPS) is 12.8. The van der Waals surface area contributed by atoms with Crippen LogP contribution in [0, 0.1) is 11.8 Å². The van der Waals surface area contributed by atoms with Crippen LogP contribution in [-0.2, 0) is 6.42 Å². The zero-order chi connectivity index (χ0) is 14.5. The number of nitrogens with one attached hydrogen (secondary N) is 1. The Bertz CT molecular complexity index is 531. The van der Waals surface area contributed by atoms with Gasteiger partial charge in [-0.2, -0.15) is 0 Å². The first kappa shape index (κ1) is 15.3. The summed E-state index contributed by atoms with van der Waals surface area (Å²) in [7, 11) is 0. The molecule has 0 fully saturated rings. The first-order valence-electron chi connectivity index (χ1n) is 7.08. The van der Waals surface area contributed by atoms with Gasteiger partial charge >= 0.3 is 0 Å². The molecule has 0 aliphatic carbocycles. The van der Waals surface area contributed by atoms with E-state index in [0.717, 1.165) is 34.4 Å². The van der Waals surface area contributed by atoms with Crippen LogP contribution in [0.5, 0.6) is 0 Å². The van der Waals surface area contributed by atoms with Gasteiger partial charge in [0.1, 0.15) is 5.82 Å². The van der Waals surface area contributed by atoms with Crippen LogP contribution in [0.25, 0.3) is 11.3 Å². The Kier molecular flexibility index (Phi) is 5.38. The second-order valence-corrected chi connectivity index (χ2v) is 6.60. The van der Waals surface area contributed by atoms with Gasteiger partial charge in [0.15, 0.2) is 0 Å². The summed E-state index contributed by atoms with van der Waals surface area (Å²) < 4.78 is 1.08. The van der Waals surface area contributed by atoms with E-state index in [2.05, 4.69) is 51.9 Å². The highest BCUT2D eigenvalue weighted by Gasteiger charge is 2.12. The molecule has 3 N–H and O–H groups in total. The van der Waals surface area contributed by atoms with Gasteiger partial charge < -0.3 is 10.7 Å². The van der Waals surface area contributed by atoms with Crippen LogP contribution in [-0.4, -0.2) is 16.5 Å². The number of halogens is 1. The van der Waals surface area contributed by atoms with Crippen molar-refractivity contribution in [3.8, 4) is 11.3 Å². The molecule has 0 spiro atoms. The topological polar surface area (TPSA) is 54.7 Å². The van der Waals surface area contributed by atoms with Gasteiger partial charge in [-0.1, -0.05) is 41.9 Å². The lowest BCUT2D eigenvalue weighted by Crippen LogP contribution is -2.19. The van der Waals surface area contributed by atoms with E-state index in [1.165, 1.54) is 0 Å². The van der Waals surface area contributed by atoms with Crippen molar-refractivity contribution in [2.24, 2.45) is 17.6 Å². The minimum absolute atomic E-state index is 0.499. The van der Waals surface area contributed by atoms with Crippen LogP contribution in [0.4, 0.5) is 0 Å². The molecule has 0 amide bonds. The van der Waals surface area contributed by atoms with Gasteiger partial charge in [-0.3, -0.25) is 0 Å². The summed E-state index contributed by atoms with van der Waals surface area (Å²) in [6, 6.07) is 8.24. The molecule has 1 aromatic heterocycles. The molecule has 0 bridgehead atoms. The third-order valence-electron chi connectivity index (χ3n) is 3.40. The third-order valence-corrected chi connectivity index (χ3v) is 3.93. The molecule has 1 heterocycles. The predicted molar refractivity (Wildman–Crippen MR) is 87.4 cm³/mol. The Morgan fingerprint density at radius 3 is 2.55 bits per heavy atom. The van der Waals surface area contributed by atoms with Gasteiger partial charge in [-0.05, 0) is 42.5 Å². The largest absolute Gasteiger partial charge is 0.342 e. The van der Waals surface area contributed by atoms with E-state index in [1.54, 1.807) is 0 Å². The van der Waals surface area contributed by atoms with Gasteiger partial charge in [0.05, 0.1) is 11.9 Å². The van der Waals surface area contributed by atoms with Gasteiger partial charge in [-0.15, -0.1) is 0 Å². The van der Waals surface area contributed by atoms with Crippen LogP contribution in [0.15, 0.2) is 34.9 Å². The van der Waals surface area contributed by atoms with Crippen molar-refractivity contribution in [2.45, 2.75) is 26.7 Å². The van der Waals surface area contributed by atoms with Crippen molar-refractivity contribution < 1.29 is 0 Å². The number of nitrogens with zero attached hydrogens (tertiary/aromatic N) is 1. The molecule has 0 saturated carbocycles. The summed E-state index contributed by atoms with van der Waals surface area (Å²) >= 11 is 3.45. The number of H-pyrrole nitrogens is 1. The maximum Gasteiger partial charge on any atom is 0.106 e. The summed E-state index contributed by atoms with van der Waals surface area (Å²) in [6.07, 6.45) is 3.97. The number of aromatic amines is 1. The van der Waals surface area contributed by atoms with Gasteiger partial charge in [0, 0.05) is 10.9 Å². The number of hydrogen-bond acceptors (Lipinski definition) is 2. The molecular weight excluding hydrogens is 314 g/mol. The zero-order valence-corrected chi connectivity index (χ0v) is 13.7. The minimum Gasteiger partial charge on any atom is -0.342 e. The standard InChI is InChI=1S/C16H22BrN3/c1-11(2)7-12(9-18)8-16-19-10-15(20-16)13-3-5-14(17)6-4-13/h3-6,10-12H,7-9,18H2,1-2H3,(H,19,20). The smallest absolute Gasteiger partial charge is 0.106 e.